The van der Waals surface area contributed by atoms with Crippen LogP contribution >= 0.6 is 11.3 Å². The molecule has 1 fully saturated rings. The Morgan fingerprint density at radius 1 is 0.976 bits per heavy atom. The van der Waals surface area contributed by atoms with Crippen LogP contribution in [0.5, 0.6) is 11.5 Å². The first kappa shape index (κ1) is 25.3. The summed E-state index contributed by atoms with van der Waals surface area (Å²) in [6.45, 7) is 2.57. The molecule has 3 amide bonds. The van der Waals surface area contributed by atoms with Gasteiger partial charge < -0.3 is 15.4 Å². The van der Waals surface area contributed by atoms with Gasteiger partial charge in [-0.05, 0) is 54.4 Å². The van der Waals surface area contributed by atoms with Crippen molar-refractivity contribution in [3.8, 4) is 11.5 Å². The summed E-state index contributed by atoms with van der Waals surface area (Å²) in [7, 11) is 0. The first-order valence-corrected chi connectivity index (χ1v) is 14.4. The number of benzene rings is 3. The molecule has 3 aromatic carbocycles. The highest BCUT2D eigenvalue weighted by atomic mass is 32.1. The molecule has 1 atom stereocenters. The number of carbonyl (C=O) groups is 2. The number of hydrogen-bond donors (Lipinski definition) is 2. The largest absolute Gasteiger partial charge is 0.457 e. The van der Waals surface area contributed by atoms with E-state index in [1.165, 1.54) is 16.9 Å². The number of urea groups is 1. The second-order valence-electron chi connectivity index (χ2n) is 10.2. The predicted octanol–water partition coefficient (Wildman–Crippen LogP) is 6.78. The maximum absolute atomic E-state index is 13.5. The predicted molar refractivity (Wildman–Crippen MR) is 161 cm³/mol. The normalized spacial score (nSPS) is 16.5. The number of aromatic nitrogens is 1. The van der Waals surface area contributed by atoms with E-state index in [2.05, 4.69) is 32.7 Å². The number of para-hydroxylation sites is 1. The lowest BCUT2D eigenvalue weighted by Crippen LogP contribution is -2.38. The lowest BCUT2D eigenvalue weighted by molar-refractivity contribution is 0.0942. The number of anilines is 3. The smallest absolute Gasteiger partial charge is 0.331 e. The van der Waals surface area contributed by atoms with Gasteiger partial charge in [0, 0.05) is 31.9 Å². The van der Waals surface area contributed by atoms with Crippen molar-refractivity contribution in [3.63, 3.8) is 0 Å². The third kappa shape index (κ3) is 5.01. The van der Waals surface area contributed by atoms with Gasteiger partial charge in [-0.25, -0.2) is 9.78 Å². The summed E-state index contributed by atoms with van der Waals surface area (Å²) in [5.41, 5.74) is 3.16. The van der Waals surface area contributed by atoms with Gasteiger partial charge in [0.05, 0.1) is 22.4 Å². The van der Waals surface area contributed by atoms with Crippen LogP contribution in [0.4, 0.5) is 21.9 Å². The zero-order valence-electron chi connectivity index (χ0n) is 22.1. The Kier molecular flexibility index (Phi) is 6.58. The summed E-state index contributed by atoms with van der Waals surface area (Å²) in [5.74, 6) is 1.22. The number of thiophene rings is 1. The van der Waals surface area contributed by atoms with E-state index in [1.807, 2.05) is 78.9 Å². The summed E-state index contributed by atoms with van der Waals surface area (Å²) < 4.78 is 5.91. The highest BCUT2D eigenvalue weighted by molar-refractivity contribution is 7.21. The minimum Gasteiger partial charge on any atom is -0.457 e. The fourth-order valence-electron chi connectivity index (χ4n) is 5.48. The third-order valence-electron chi connectivity index (χ3n) is 7.38. The molecule has 2 aliphatic rings. The molecule has 0 radical (unpaired) electrons. The molecule has 0 bridgehead atoms. The van der Waals surface area contributed by atoms with Crippen molar-refractivity contribution in [2.24, 2.45) is 0 Å². The molecule has 2 aliphatic heterocycles. The summed E-state index contributed by atoms with van der Waals surface area (Å²) >= 11 is 1.30. The molecule has 1 saturated heterocycles. The van der Waals surface area contributed by atoms with Crippen molar-refractivity contribution in [1.29, 1.82) is 0 Å². The molecule has 5 aromatic rings. The molecule has 9 heteroatoms. The first-order valence-electron chi connectivity index (χ1n) is 13.5. The molecule has 0 aliphatic carbocycles. The molecule has 2 aromatic heterocycles. The van der Waals surface area contributed by atoms with E-state index in [9.17, 15) is 9.59 Å². The van der Waals surface area contributed by atoms with Crippen molar-refractivity contribution in [1.82, 2.24) is 15.2 Å². The molecule has 0 spiro atoms. The lowest BCUT2D eigenvalue weighted by atomic mass is 10.1. The number of hydrogen-bond acceptors (Lipinski definition) is 6. The molecular formula is C32H27N5O3S. The van der Waals surface area contributed by atoms with Gasteiger partial charge in [0.25, 0.3) is 5.91 Å². The average Bonchev–Trinajstić information content (AvgIpc) is 3.59. The minimum absolute atomic E-state index is 0.0449. The fourth-order valence-corrected chi connectivity index (χ4v) is 6.50. The van der Waals surface area contributed by atoms with Crippen LogP contribution < -0.4 is 20.3 Å². The summed E-state index contributed by atoms with van der Waals surface area (Å²) in [6, 6.07) is 28.8. The van der Waals surface area contributed by atoms with Crippen LogP contribution in [-0.2, 0) is 6.54 Å². The van der Waals surface area contributed by atoms with Gasteiger partial charge in [-0.1, -0.05) is 48.5 Å². The molecule has 7 rings (SSSR count). The number of nitrogens with one attached hydrogen (secondary N) is 2. The van der Waals surface area contributed by atoms with E-state index >= 15 is 0 Å². The van der Waals surface area contributed by atoms with Crippen LogP contribution in [0.15, 0.2) is 97.2 Å². The Hall–Kier alpha value is -4.73. The number of likely N-dealkylation sites (tertiary alicyclic amines) is 1. The van der Waals surface area contributed by atoms with Gasteiger partial charge in [0.15, 0.2) is 0 Å². The minimum atomic E-state index is -0.330. The quantitative estimate of drug-likeness (QED) is 0.229. The van der Waals surface area contributed by atoms with E-state index in [1.54, 1.807) is 11.1 Å². The molecule has 2 N–H and O–H groups in total. The molecule has 0 saturated carbocycles. The monoisotopic (exact) mass is 561 g/mol. The molecule has 8 nitrogen and oxygen atoms in total. The summed E-state index contributed by atoms with van der Waals surface area (Å²) in [5, 5.41) is 6.94. The maximum atomic E-state index is 13.5. The Labute approximate surface area is 241 Å². The first-order chi connectivity index (χ1) is 20.1. The van der Waals surface area contributed by atoms with Gasteiger partial charge in [0.2, 0.25) is 0 Å². The molecular weight excluding hydrogens is 534 g/mol. The van der Waals surface area contributed by atoms with Crippen molar-refractivity contribution in [2.45, 2.75) is 19.0 Å². The van der Waals surface area contributed by atoms with Crippen molar-refractivity contribution < 1.29 is 14.3 Å². The van der Waals surface area contributed by atoms with E-state index in [0.717, 1.165) is 37.2 Å². The zero-order chi connectivity index (χ0) is 27.8. The number of pyridine rings is 1. The van der Waals surface area contributed by atoms with Gasteiger partial charge in [0.1, 0.15) is 21.2 Å². The van der Waals surface area contributed by atoms with Crippen LogP contribution in [0.25, 0.3) is 10.2 Å². The Balaban J connectivity index is 1.10. The van der Waals surface area contributed by atoms with Crippen LogP contribution in [0.2, 0.25) is 0 Å². The lowest BCUT2D eigenvalue weighted by Gasteiger charge is -2.28. The topological polar surface area (TPSA) is 86.8 Å². The van der Waals surface area contributed by atoms with Gasteiger partial charge in [-0.2, -0.15) is 0 Å². The van der Waals surface area contributed by atoms with Crippen molar-refractivity contribution >= 4 is 50.6 Å². The Bertz CT molecular complexity index is 1720. The van der Waals surface area contributed by atoms with E-state index in [4.69, 9.17) is 4.74 Å². The Morgan fingerprint density at radius 3 is 2.49 bits per heavy atom. The standard InChI is InChI=1S/C32H27N5O3S/c38-30(34-22-16-18-36(20-22)19-21-7-3-1-4-8-21)29-28-27-26(15-17-33-31(27)41-29)37(32(39)35-28)23-11-13-25(14-12-23)40-24-9-5-2-6-10-24/h1-15,17,22H,16,18-20H2,(H,34,38)(H,35,39). The number of nitrogens with zero attached hydrogens (tertiary/aromatic N) is 3. The summed E-state index contributed by atoms with van der Waals surface area (Å²) in [4.78, 5) is 36.6. The van der Waals surface area contributed by atoms with Gasteiger partial charge in [-0.3, -0.25) is 14.6 Å². The van der Waals surface area contributed by atoms with Gasteiger partial charge >= 0.3 is 6.03 Å². The molecule has 41 heavy (non-hydrogen) atoms. The van der Waals surface area contributed by atoms with Crippen LogP contribution in [0, 0.1) is 0 Å². The van der Waals surface area contributed by atoms with Crippen LogP contribution in [0.3, 0.4) is 0 Å². The summed E-state index contributed by atoms with van der Waals surface area (Å²) in [6.07, 6.45) is 2.56. The van der Waals surface area contributed by atoms with Crippen molar-refractivity contribution in [2.75, 3.05) is 23.3 Å². The molecule has 204 valence electrons. The zero-order valence-corrected chi connectivity index (χ0v) is 22.9. The number of carbonyl (C=O) groups excluding carboxylic acids is 2. The second kappa shape index (κ2) is 10.7. The number of rotatable bonds is 7. The fraction of sp³-hybridized carbons (Fsp3) is 0.156. The Morgan fingerprint density at radius 2 is 1.71 bits per heavy atom. The van der Waals surface area contributed by atoms with Gasteiger partial charge in [-0.15, -0.1) is 11.3 Å². The third-order valence-corrected chi connectivity index (χ3v) is 8.48. The SMILES string of the molecule is O=C(NC1CCN(Cc2ccccc2)C1)c1sc2nccc3c2c1NC(=O)N3c1ccc(Oc2ccccc2)cc1. The molecule has 4 heterocycles. The van der Waals surface area contributed by atoms with Crippen LogP contribution in [0.1, 0.15) is 21.7 Å². The van der Waals surface area contributed by atoms with E-state index in [0.29, 0.717) is 32.5 Å². The van der Waals surface area contributed by atoms with Crippen molar-refractivity contribution in [3.05, 3.63) is 108 Å². The highest BCUT2D eigenvalue weighted by Gasteiger charge is 2.34. The van der Waals surface area contributed by atoms with Crippen LogP contribution in [-0.4, -0.2) is 41.0 Å². The molecule has 1 unspecified atom stereocenters. The highest BCUT2D eigenvalue weighted by Crippen LogP contribution is 2.46. The second-order valence-corrected chi connectivity index (χ2v) is 11.2. The van der Waals surface area contributed by atoms with E-state index < -0.39 is 0 Å². The average molecular weight is 562 g/mol. The number of amides is 3. The number of ether oxygens (including phenoxy) is 1. The maximum Gasteiger partial charge on any atom is 0.331 e. The van der Waals surface area contributed by atoms with E-state index in [-0.39, 0.29) is 18.0 Å².